The van der Waals surface area contributed by atoms with E-state index in [1.807, 2.05) is 49.4 Å². The van der Waals surface area contributed by atoms with Crippen molar-refractivity contribution in [2.45, 2.75) is 24.7 Å². The van der Waals surface area contributed by atoms with E-state index in [2.05, 4.69) is 11.4 Å². The highest BCUT2D eigenvalue weighted by Crippen LogP contribution is 2.22. The van der Waals surface area contributed by atoms with Gasteiger partial charge in [-0.25, -0.2) is 0 Å². The molecule has 2 aromatic carbocycles. The zero-order valence-corrected chi connectivity index (χ0v) is 14.3. The molecule has 0 aliphatic rings. The van der Waals surface area contributed by atoms with Crippen LogP contribution in [0.3, 0.4) is 0 Å². The second kappa shape index (κ2) is 9.11. The normalized spacial score (nSPS) is 12.9. The zero-order chi connectivity index (χ0) is 17.4. The zero-order valence-electron chi connectivity index (χ0n) is 13.5. The molecule has 4 nitrogen and oxygen atoms in total. The molecular weight excluding hydrogens is 320 g/mol. The van der Waals surface area contributed by atoms with E-state index in [0.29, 0.717) is 17.9 Å². The van der Waals surface area contributed by atoms with Gasteiger partial charge in [0, 0.05) is 11.4 Å². The lowest BCUT2D eigenvalue weighted by Crippen LogP contribution is -2.23. The minimum Gasteiger partial charge on any atom is -0.388 e. The second-order valence-electron chi connectivity index (χ2n) is 5.42. The van der Waals surface area contributed by atoms with Crippen molar-refractivity contribution in [1.82, 2.24) is 0 Å². The number of carbonyl (C=O) groups excluding carboxylic acids is 1. The molecule has 0 heterocycles. The Morgan fingerprint density at radius 1 is 1.21 bits per heavy atom. The molecule has 0 aromatic heterocycles. The van der Waals surface area contributed by atoms with Crippen LogP contribution < -0.4 is 5.32 Å². The number of aliphatic hydroxyl groups excluding tert-OH is 1. The van der Waals surface area contributed by atoms with E-state index in [1.54, 1.807) is 12.1 Å². The number of thioether (sulfide) groups is 1. The van der Waals surface area contributed by atoms with E-state index in [-0.39, 0.29) is 11.2 Å². The third kappa shape index (κ3) is 5.41. The first-order valence-electron chi connectivity index (χ1n) is 7.71. The number of anilines is 1. The maximum Gasteiger partial charge on any atom is 0.237 e. The molecule has 2 atom stereocenters. The summed E-state index contributed by atoms with van der Waals surface area (Å²) in [4.78, 5) is 12.2. The molecular formula is C19H20N2O2S. The summed E-state index contributed by atoms with van der Waals surface area (Å²) in [6.45, 7) is 1.82. The van der Waals surface area contributed by atoms with Gasteiger partial charge in [-0.15, -0.1) is 11.8 Å². The highest BCUT2D eigenvalue weighted by atomic mass is 32.2. The quantitative estimate of drug-likeness (QED) is 0.808. The van der Waals surface area contributed by atoms with E-state index in [9.17, 15) is 9.90 Å². The topological polar surface area (TPSA) is 73.1 Å². The predicted molar refractivity (Wildman–Crippen MR) is 97.7 cm³/mol. The molecule has 2 aromatic rings. The maximum atomic E-state index is 12.2. The van der Waals surface area contributed by atoms with Gasteiger partial charge >= 0.3 is 0 Å². The van der Waals surface area contributed by atoms with E-state index in [0.717, 1.165) is 11.1 Å². The van der Waals surface area contributed by atoms with Crippen LogP contribution >= 0.6 is 11.8 Å². The highest BCUT2D eigenvalue weighted by molar-refractivity contribution is 8.00. The summed E-state index contributed by atoms with van der Waals surface area (Å²) in [6.07, 6.45) is -0.227. The summed E-state index contributed by atoms with van der Waals surface area (Å²) in [5.41, 5.74) is 2.48. The fourth-order valence-electron chi connectivity index (χ4n) is 2.12. The van der Waals surface area contributed by atoms with Gasteiger partial charge in [0.1, 0.15) is 0 Å². The SMILES string of the molecule is CC(SCC(O)c1ccccc1)C(=O)Nc1ccc(CC#N)cc1. The van der Waals surface area contributed by atoms with Crippen LogP contribution in [0.15, 0.2) is 54.6 Å². The molecule has 0 fully saturated rings. The van der Waals surface area contributed by atoms with Crippen molar-refractivity contribution in [3.63, 3.8) is 0 Å². The number of hydrogen-bond donors (Lipinski definition) is 2. The molecule has 2 rings (SSSR count). The largest absolute Gasteiger partial charge is 0.388 e. The number of nitrogens with zero attached hydrogens (tertiary/aromatic N) is 1. The van der Waals surface area contributed by atoms with Crippen molar-refractivity contribution < 1.29 is 9.90 Å². The third-order valence-electron chi connectivity index (χ3n) is 3.56. The molecule has 2 unspecified atom stereocenters. The molecule has 0 aliphatic heterocycles. The Bertz CT molecular complexity index is 696. The van der Waals surface area contributed by atoms with Crippen LogP contribution in [0, 0.1) is 11.3 Å². The van der Waals surface area contributed by atoms with Gasteiger partial charge in [-0.1, -0.05) is 42.5 Å². The molecule has 1 amide bonds. The standard InChI is InChI=1S/C19H20N2O2S/c1-14(24-13-18(22)16-5-3-2-4-6-16)19(23)21-17-9-7-15(8-10-17)11-12-20/h2-10,14,18,22H,11,13H2,1H3,(H,21,23). The number of nitrogens with one attached hydrogen (secondary N) is 1. The molecule has 24 heavy (non-hydrogen) atoms. The molecule has 5 heteroatoms. The molecule has 0 radical (unpaired) electrons. The Hall–Kier alpha value is -2.29. The van der Waals surface area contributed by atoms with Crippen LogP contribution in [0.5, 0.6) is 0 Å². The Morgan fingerprint density at radius 2 is 1.88 bits per heavy atom. The van der Waals surface area contributed by atoms with Gasteiger partial charge in [0.2, 0.25) is 5.91 Å². The molecule has 124 valence electrons. The van der Waals surface area contributed by atoms with E-state index in [1.165, 1.54) is 11.8 Å². The van der Waals surface area contributed by atoms with Gasteiger partial charge in [0.15, 0.2) is 0 Å². The van der Waals surface area contributed by atoms with E-state index in [4.69, 9.17) is 5.26 Å². The molecule has 0 aliphatic carbocycles. The smallest absolute Gasteiger partial charge is 0.237 e. The number of benzene rings is 2. The van der Waals surface area contributed by atoms with Crippen LogP contribution in [0.2, 0.25) is 0 Å². The first-order valence-corrected chi connectivity index (χ1v) is 8.76. The monoisotopic (exact) mass is 340 g/mol. The Labute approximate surface area is 146 Å². The van der Waals surface area contributed by atoms with Gasteiger partial charge in [-0.05, 0) is 30.2 Å². The number of amides is 1. The van der Waals surface area contributed by atoms with E-state index >= 15 is 0 Å². The average molecular weight is 340 g/mol. The number of nitriles is 1. The lowest BCUT2D eigenvalue weighted by Gasteiger charge is -2.15. The molecule has 0 saturated carbocycles. The van der Waals surface area contributed by atoms with Crippen LogP contribution in [0.25, 0.3) is 0 Å². The maximum absolute atomic E-state index is 12.2. The fraction of sp³-hybridized carbons (Fsp3) is 0.263. The molecule has 0 saturated heterocycles. The van der Waals surface area contributed by atoms with Gasteiger partial charge < -0.3 is 10.4 Å². The summed E-state index contributed by atoms with van der Waals surface area (Å²) >= 11 is 1.41. The highest BCUT2D eigenvalue weighted by Gasteiger charge is 2.16. The van der Waals surface area contributed by atoms with Crippen LogP contribution in [0.1, 0.15) is 24.2 Å². The summed E-state index contributed by atoms with van der Waals surface area (Å²) < 4.78 is 0. The average Bonchev–Trinajstić information content (AvgIpc) is 2.62. The lowest BCUT2D eigenvalue weighted by molar-refractivity contribution is -0.115. The number of rotatable bonds is 7. The molecule has 2 N–H and O–H groups in total. The van der Waals surface area contributed by atoms with Crippen LogP contribution in [0.4, 0.5) is 5.69 Å². The molecule has 0 bridgehead atoms. The summed E-state index contributed by atoms with van der Waals surface area (Å²) in [5, 5.41) is 21.4. The molecule has 0 spiro atoms. The third-order valence-corrected chi connectivity index (χ3v) is 4.78. The Balaban J connectivity index is 1.82. The number of aliphatic hydroxyl groups is 1. The first-order chi connectivity index (χ1) is 11.6. The summed E-state index contributed by atoms with van der Waals surface area (Å²) in [7, 11) is 0. The Kier molecular flexibility index (Phi) is 6.86. The van der Waals surface area contributed by atoms with Gasteiger partial charge in [0.25, 0.3) is 0 Å². The van der Waals surface area contributed by atoms with Gasteiger partial charge in [-0.2, -0.15) is 5.26 Å². The summed E-state index contributed by atoms with van der Waals surface area (Å²) in [5.74, 6) is 0.355. The van der Waals surface area contributed by atoms with Crippen molar-refractivity contribution in [3.8, 4) is 6.07 Å². The first kappa shape index (κ1) is 18.1. The fourth-order valence-corrected chi connectivity index (χ4v) is 3.00. The van der Waals surface area contributed by atoms with Gasteiger partial charge in [0.05, 0.1) is 23.8 Å². The summed E-state index contributed by atoms with van der Waals surface area (Å²) in [6, 6.07) is 18.8. The van der Waals surface area contributed by atoms with Crippen molar-refractivity contribution in [2.24, 2.45) is 0 Å². The number of carbonyl (C=O) groups is 1. The van der Waals surface area contributed by atoms with Crippen molar-refractivity contribution in [2.75, 3.05) is 11.1 Å². The Morgan fingerprint density at radius 3 is 2.50 bits per heavy atom. The predicted octanol–water partition coefficient (Wildman–Crippen LogP) is 3.55. The van der Waals surface area contributed by atoms with Crippen molar-refractivity contribution >= 4 is 23.4 Å². The van der Waals surface area contributed by atoms with Crippen LogP contribution in [-0.4, -0.2) is 22.0 Å². The van der Waals surface area contributed by atoms with Crippen molar-refractivity contribution in [1.29, 1.82) is 5.26 Å². The van der Waals surface area contributed by atoms with Crippen LogP contribution in [-0.2, 0) is 11.2 Å². The van der Waals surface area contributed by atoms with Gasteiger partial charge in [-0.3, -0.25) is 4.79 Å². The van der Waals surface area contributed by atoms with E-state index < -0.39 is 6.10 Å². The minimum absolute atomic E-state index is 0.103. The van der Waals surface area contributed by atoms with Crippen molar-refractivity contribution in [3.05, 3.63) is 65.7 Å². The minimum atomic E-state index is -0.586. The number of hydrogen-bond acceptors (Lipinski definition) is 4. The second-order valence-corrected chi connectivity index (χ2v) is 6.80. The lowest BCUT2D eigenvalue weighted by atomic mass is 10.1.